The van der Waals surface area contributed by atoms with Gasteiger partial charge in [-0.1, -0.05) is 26.0 Å². The normalized spacial score (nSPS) is 27.2. The van der Waals surface area contributed by atoms with Gasteiger partial charge in [-0.05, 0) is 43.2 Å². The molecule has 112 valence electrons. The molecule has 2 N–H and O–H groups in total. The lowest BCUT2D eigenvalue weighted by Gasteiger charge is -2.33. The third-order valence-corrected chi connectivity index (χ3v) is 5.73. The number of sulfonamides is 1. The van der Waals surface area contributed by atoms with E-state index in [2.05, 4.69) is 23.9 Å². The molecule has 0 aliphatic heterocycles. The summed E-state index contributed by atoms with van der Waals surface area (Å²) in [6.07, 6.45) is 3.09. The number of hydrogen-bond acceptors (Lipinski definition) is 3. The van der Waals surface area contributed by atoms with Crippen LogP contribution in [0.25, 0.3) is 0 Å². The van der Waals surface area contributed by atoms with Crippen molar-refractivity contribution in [3.05, 3.63) is 24.3 Å². The van der Waals surface area contributed by atoms with Gasteiger partial charge >= 0.3 is 0 Å². The van der Waals surface area contributed by atoms with Crippen molar-refractivity contribution in [2.45, 2.75) is 44.0 Å². The predicted molar refractivity (Wildman–Crippen MR) is 82.3 cm³/mol. The smallest absolute Gasteiger partial charge is 0.242 e. The highest BCUT2D eigenvalue weighted by Crippen LogP contribution is 2.30. The first-order valence-corrected chi connectivity index (χ1v) is 8.71. The number of rotatable bonds is 4. The van der Waals surface area contributed by atoms with E-state index in [9.17, 15) is 8.42 Å². The Kier molecular flexibility index (Phi) is 4.70. The first-order valence-electron chi connectivity index (χ1n) is 7.23. The van der Waals surface area contributed by atoms with E-state index >= 15 is 0 Å². The molecular formula is C15H24N2O2S. The summed E-state index contributed by atoms with van der Waals surface area (Å²) in [6, 6.07) is 7.05. The molecular weight excluding hydrogens is 272 g/mol. The van der Waals surface area contributed by atoms with Gasteiger partial charge in [-0.15, -0.1) is 0 Å². The molecule has 1 fully saturated rings. The van der Waals surface area contributed by atoms with Crippen molar-refractivity contribution in [3.8, 4) is 0 Å². The molecule has 0 bridgehead atoms. The van der Waals surface area contributed by atoms with Crippen LogP contribution in [0.2, 0.25) is 0 Å². The molecule has 0 heterocycles. The second kappa shape index (κ2) is 6.14. The number of para-hydroxylation sites is 1. The highest BCUT2D eigenvalue weighted by Gasteiger charge is 2.30. The molecule has 0 aromatic heterocycles. The molecule has 1 aliphatic carbocycles. The SMILES string of the molecule is CNc1ccccc1S(=O)(=O)NC1CCC(C)CC1C. The van der Waals surface area contributed by atoms with E-state index in [1.165, 1.54) is 0 Å². The van der Waals surface area contributed by atoms with E-state index < -0.39 is 10.0 Å². The number of benzene rings is 1. The van der Waals surface area contributed by atoms with Gasteiger partial charge in [0.1, 0.15) is 4.90 Å². The Balaban J connectivity index is 2.19. The van der Waals surface area contributed by atoms with Crippen molar-refractivity contribution < 1.29 is 8.42 Å². The maximum absolute atomic E-state index is 12.6. The molecule has 0 amide bonds. The van der Waals surface area contributed by atoms with Gasteiger partial charge in [0, 0.05) is 13.1 Å². The van der Waals surface area contributed by atoms with Crippen molar-refractivity contribution in [2.24, 2.45) is 11.8 Å². The summed E-state index contributed by atoms with van der Waals surface area (Å²) in [6.45, 7) is 4.37. The Morgan fingerprint density at radius 3 is 2.50 bits per heavy atom. The van der Waals surface area contributed by atoms with Gasteiger partial charge in [-0.3, -0.25) is 0 Å². The summed E-state index contributed by atoms with van der Waals surface area (Å²) in [5, 5.41) is 2.94. The van der Waals surface area contributed by atoms with Crippen LogP contribution in [0, 0.1) is 11.8 Å². The summed E-state index contributed by atoms with van der Waals surface area (Å²) in [5.41, 5.74) is 0.636. The van der Waals surface area contributed by atoms with Crippen LogP contribution in [0.15, 0.2) is 29.2 Å². The number of hydrogen-bond donors (Lipinski definition) is 2. The Hall–Kier alpha value is -1.07. The highest BCUT2D eigenvalue weighted by atomic mass is 32.2. The van der Waals surface area contributed by atoms with Crippen LogP contribution in [0.4, 0.5) is 5.69 Å². The van der Waals surface area contributed by atoms with Gasteiger partial charge in [-0.25, -0.2) is 13.1 Å². The molecule has 0 radical (unpaired) electrons. The summed E-state index contributed by atoms with van der Waals surface area (Å²) < 4.78 is 28.0. The van der Waals surface area contributed by atoms with E-state index in [4.69, 9.17) is 0 Å². The molecule has 1 saturated carbocycles. The van der Waals surface area contributed by atoms with E-state index in [-0.39, 0.29) is 6.04 Å². The van der Waals surface area contributed by atoms with E-state index in [1.807, 2.05) is 6.07 Å². The van der Waals surface area contributed by atoms with Crippen molar-refractivity contribution in [2.75, 3.05) is 12.4 Å². The Morgan fingerprint density at radius 1 is 1.15 bits per heavy atom. The summed E-state index contributed by atoms with van der Waals surface area (Å²) in [5.74, 6) is 1.07. The molecule has 5 heteroatoms. The molecule has 1 aliphatic rings. The summed E-state index contributed by atoms with van der Waals surface area (Å²) in [4.78, 5) is 0.327. The molecule has 3 atom stereocenters. The third-order valence-electron chi connectivity index (χ3n) is 4.18. The van der Waals surface area contributed by atoms with E-state index in [0.717, 1.165) is 19.3 Å². The standard InChI is InChI=1S/C15H24N2O2S/c1-11-8-9-13(12(2)10-11)17-20(18,19)15-7-5-4-6-14(15)16-3/h4-7,11-13,16-17H,8-10H2,1-3H3. The minimum absolute atomic E-state index is 0.0427. The van der Waals surface area contributed by atoms with Gasteiger partial charge in [0.05, 0.1) is 5.69 Å². The van der Waals surface area contributed by atoms with Crippen molar-refractivity contribution in [1.82, 2.24) is 4.72 Å². The van der Waals surface area contributed by atoms with E-state index in [0.29, 0.717) is 22.4 Å². The molecule has 4 nitrogen and oxygen atoms in total. The lowest BCUT2D eigenvalue weighted by atomic mass is 9.80. The maximum Gasteiger partial charge on any atom is 0.242 e. The minimum atomic E-state index is -3.47. The number of nitrogens with one attached hydrogen (secondary N) is 2. The lowest BCUT2D eigenvalue weighted by molar-refractivity contribution is 0.249. The maximum atomic E-state index is 12.6. The van der Waals surface area contributed by atoms with Crippen molar-refractivity contribution in [1.29, 1.82) is 0 Å². The van der Waals surface area contributed by atoms with Crippen LogP contribution < -0.4 is 10.0 Å². The van der Waals surface area contributed by atoms with Crippen LogP contribution in [-0.4, -0.2) is 21.5 Å². The van der Waals surface area contributed by atoms with Crippen LogP contribution in [0.5, 0.6) is 0 Å². The molecule has 20 heavy (non-hydrogen) atoms. The summed E-state index contributed by atoms with van der Waals surface area (Å²) >= 11 is 0. The second-order valence-electron chi connectivity index (χ2n) is 5.87. The fourth-order valence-corrected chi connectivity index (χ4v) is 4.60. The topological polar surface area (TPSA) is 58.2 Å². The van der Waals surface area contributed by atoms with Gasteiger partial charge in [0.15, 0.2) is 0 Å². The van der Waals surface area contributed by atoms with Crippen LogP contribution >= 0.6 is 0 Å². The average molecular weight is 296 g/mol. The average Bonchev–Trinajstić information content (AvgIpc) is 2.42. The zero-order valence-corrected chi connectivity index (χ0v) is 13.2. The first-order chi connectivity index (χ1) is 9.44. The van der Waals surface area contributed by atoms with Crippen molar-refractivity contribution >= 4 is 15.7 Å². The molecule has 2 rings (SSSR count). The van der Waals surface area contributed by atoms with Crippen LogP contribution in [-0.2, 0) is 10.0 Å². The second-order valence-corrected chi connectivity index (χ2v) is 7.55. The largest absolute Gasteiger partial charge is 0.387 e. The van der Waals surface area contributed by atoms with Crippen LogP contribution in [0.3, 0.4) is 0 Å². The van der Waals surface area contributed by atoms with Gasteiger partial charge < -0.3 is 5.32 Å². The Bertz CT molecular complexity index is 557. The Morgan fingerprint density at radius 2 is 1.85 bits per heavy atom. The Labute approximate surface area is 122 Å². The zero-order valence-electron chi connectivity index (χ0n) is 12.4. The van der Waals surface area contributed by atoms with Crippen LogP contribution in [0.1, 0.15) is 33.1 Å². The molecule has 0 spiro atoms. The first kappa shape index (κ1) is 15.3. The lowest BCUT2D eigenvalue weighted by Crippen LogP contribution is -2.42. The molecule has 0 saturated heterocycles. The highest BCUT2D eigenvalue weighted by molar-refractivity contribution is 7.89. The number of anilines is 1. The van der Waals surface area contributed by atoms with Gasteiger partial charge in [0.25, 0.3) is 0 Å². The molecule has 1 aromatic rings. The summed E-state index contributed by atoms with van der Waals surface area (Å²) in [7, 11) is -1.73. The fourth-order valence-electron chi connectivity index (χ4n) is 3.01. The zero-order chi connectivity index (χ0) is 14.8. The van der Waals surface area contributed by atoms with Gasteiger partial charge in [-0.2, -0.15) is 0 Å². The van der Waals surface area contributed by atoms with E-state index in [1.54, 1.807) is 25.2 Å². The molecule has 1 aromatic carbocycles. The van der Waals surface area contributed by atoms with Crippen molar-refractivity contribution in [3.63, 3.8) is 0 Å². The monoisotopic (exact) mass is 296 g/mol. The minimum Gasteiger partial charge on any atom is -0.387 e. The fraction of sp³-hybridized carbons (Fsp3) is 0.600. The third kappa shape index (κ3) is 3.33. The molecule has 3 unspecified atom stereocenters. The predicted octanol–water partition coefficient (Wildman–Crippen LogP) is 2.83. The quantitative estimate of drug-likeness (QED) is 0.898. The van der Waals surface area contributed by atoms with Gasteiger partial charge in [0.2, 0.25) is 10.0 Å².